The van der Waals surface area contributed by atoms with Gasteiger partial charge in [0.25, 0.3) is 5.91 Å². The first-order chi connectivity index (χ1) is 23.6. The van der Waals surface area contributed by atoms with E-state index in [0.717, 1.165) is 31.2 Å². The Kier molecular flexibility index (Phi) is 9.62. The van der Waals surface area contributed by atoms with E-state index in [-0.39, 0.29) is 49.1 Å². The Morgan fingerprint density at radius 2 is 1.72 bits per heavy atom. The third kappa shape index (κ3) is 7.60. The van der Waals surface area contributed by atoms with Crippen LogP contribution in [0.5, 0.6) is 5.75 Å². The van der Waals surface area contributed by atoms with Gasteiger partial charge in [-0.3, -0.25) is 14.4 Å². The highest BCUT2D eigenvalue weighted by atomic mass is 19.1. The van der Waals surface area contributed by atoms with Crippen LogP contribution in [0.15, 0.2) is 42.5 Å². The molecular weight excluding hydrogens is 643 g/mol. The summed E-state index contributed by atoms with van der Waals surface area (Å²) >= 11 is 0. The molecule has 50 heavy (non-hydrogen) atoms. The van der Waals surface area contributed by atoms with E-state index in [0.29, 0.717) is 36.7 Å². The molecule has 1 N–H and O–H groups in total. The molecule has 0 radical (unpaired) electrons. The van der Waals surface area contributed by atoms with E-state index in [4.69, 9.17) is 14.2 Å². The van der Waals surface area contributed by atoms with Crippen LogP contribution < -0.4 is 19.9 Å². The smallest absolute Gasteiger partial charge is 0.410 e. The molecule has 6 rings (SSSR count). The zero-order chi connectivity index (χ0) is 36.0. The number of hydrogen-bond donors (Lipinski definition) is 1. The van der Waals surface area contributed by atoms with Gasteiger partial charge in [-0.25, -0.2) is 9.18 Å². The number of benzene rings is 2. The number of anilines is 2. The number of hydrogen-bond acceptors (Lipinski definition) is 7. The fourth-order valence-corrected chi connectivity index (χ4v) is 7.00. The van der Waals surface area contributed by atoms with E-state index in [1.54, 1.807) is 69.7 Å². The van der Waals surface area contributed by atoms with Crippen LogP contribution in [0.3, 0.4) is 0 Å². The summed E-state index contributed by atoms with van der Waals surface area (Å²) in [6, 6.07) is 11.6. The predicted octanol–water partition coefficient (Wildman–Crippen LogP) is 5.54. The third-order valence-corrected chi connectivity index (χ3v) is 9.85. The highest BCUT2D eigenvalue weighted by Crippen LogP contribution is 2.46. The number of likely N-dealkylation sites (tertiary alicyclic amines) is 1. The second-order valence-electron chi connectivity index (χ2n) is 15.6. The molecule has 12 heteroatoms. The molecule has 270 valence electrons. The molecule has 0 aromatic heterocycles. The van der Waals surface area contributed by atoms with E-state index in [1.807, 2.05) is 12.1 Å². The summed E-state index contributed by atoms with van der Waals surface area (Å²) in [6.07, 6.45) is 3.36. The predicted molar refractivity (Wildman–Crippen MR) is 185 cm³/mol. The molecule has 3 fully saturated rings. The van der Waals surface area contributed by atoms with Gasteiger partial charge in [-0.05, 0) is 109 Å². The molecule has 2 aliphatic carbocycles. The van der Waals surface area contributed by atoms with Crippen LogP contribution in [0.1, 0.15) is 78.7 Å². The molecule has 0 bridgehead atoms. The number of piperidine rings is 1. The SMILES string of the molecule is COCCCN1C(=O)C(C)(C)Oc2ccc(N(C(=O)[C@@H]3C[C@H](C(=O)NC4(c5ccc(F)cc5)CC4)CN(C(=O)OC(C)(C)C)C3)C3CC3)cc21. The van der Waals surface area contributed by atoms with Crippen LogP contribution in [-0.4, -0.2) is 79.3 Å². The van der Waals surface area contributed by atoms with Crippen molar-refractivity contribution in [1.82, 2.24) is 10.2 Å². The van der Waals surface area contributed by atoms with E-state index >= 15 is 0 Å². The summed E-state index contributed by atoms with van der Waals surface area (Å²) in [5, 5.41) is 3.18. The fourth-order valence-electron chi connectivity index (χ4n) is 7.00. The van der Waals surface area contributed by atoms with Crippen LogP contribution in [0.4, 0.5) is 20.6 Å². The molecule has 2 atom stereocenters. The maximum absolute atomic E-state index is 14.6. The lowest BCUT2D eigenvalue weighted by Gasteiger charge is -2.40. The molecule has 4 amide bonds. The topological polar surface area (TPSA) is 118 Å². The summed E-state index contributed by atoms with van der Waals surface area (Å²) < 4.78 is 30.7. The van der Waals surface area contributed by atoms with Crippen LogP contribution in [-0.2, 0) is 29.4 Å². The lowest BCUT2D eigenvalue weighted by Crippen LogP contribution is -2.54. The molecule has 4 aliphatic rings. The average Bonchev–Trinajstić information content (AvgIpc) is 4.00. The Hall–Kier alpha value is -4.19. The van der Waals surface area contributed by atoms with Gasteiger partial charge >= 0.3 is 6.09 Å². The summed E-state index contributed by atoms with van der Waals surface area (Å²) in [5.41, 5.74) is -0.356. The Morgan fingerprint density at radius 3 is 2.34 bits per heavy atom. The molecule has 2 saturated carbocycles. The normalized spacial score (nSPS) is 22.3. The number of amides is 4. The average molecular weight is 693 g/mol. The Balaban J connectivity index is 1.27. The summed E-state index contributed by atoms with van der Waals surface area (Å²) in [6.45, 7) is 9.95. The quantitative estimate of drug-likeness (QED) is 0.325. The Bertz CT molecular complexity index is 1630. The van der Waals surface area contributed by atoms with E-state index < -0.39 is 34.7 Å². The molecular formula is C38H49FN4O7. The summed E-state index contributed by atoms with van der Waals surface area (Å²) in [5.74, 6) is -1.76. The number of nitrogens with zero attached hydrogens (tertiary/aromatic N) is 3. The maximum Gasteiger partial charge on any atom is 0.410 e. The maximum atomic E-state index is 14.6. The lowest BCUT2D eigenvalue weighted by molar-refractivity contribution is -0.133. The van der Waals surface area contributed by atoms with Crippen molar-refractivity contribution in [2.45, 2.75) is 95.9 Å². The van der Waals surface area contributed by atoms with Gasteiger partial charge in [0.2, 0.25) is 11.8 Å². The van der Waals surface area contributed by atoms with E-state index in [1.165, 1.54) is 17.0 Å². The number of fused-ring (bicyclic) bond motifs is 1. The number of halogens is 1. The van der Waals surface area contributed by atoms with Crippen LogP contribution in [0.2, 0.25) is 0 Å². The van der Waals surface area contributed by atoms with Gasteiger partial charge in [0, 0.05) is 45.1 Å². The molecule has 2 aliphatic heterocycles. The molecule has 2 heterocycles. The zero-order valence-corrected chi connectivity index (χ0v) is 29.9. The van der Waals surface area contributed by atoms with Gasteiger partial charge in [-0.1, -0.05) is 12.1 Å². The Morgan fingerprint density at radius 1 is 1.04 bits per heavy atom. The molecule has 2 aromatic rings. The van der Waals surface area contributed by atoms with Gasteiger partial charge in [-0.2, -0.15) is 0 Å². The second kappa shape index (κ2) is 13.5. The fraction of sp³-hybridized carbons (Fsp3) is 0.579. The number of carbonyl (C=O) groups is 4. The third-order valence-electron chi connectivity index (χ3n) is 9.85. The monoisotopic (exact) mass is 692 g/mol. The van der Waals surface area contributed by atoms with Gasteiger partial charge < -0.3 is 34.2 Å². The number of methoxy groups -OCH3 is 1. The minimum atomic E-state index is -1.05. The largest absolute Gasteiger partial charge is 0.476 e. The van der Waals surface area contributed by atoms with Crippen molar-refractivity contribution in [2.75, 3.05) is 43.2 Å². The van der Waals surface area contributed by atoms with E-state index in [2.05, 4.69) is 5.32 Å². The Labute approximate surface area is 293 Å². The highest BCUT2D eigenvalue weighted by molar-refractivity contribution is 6.04. The second-order valence-corrected chi connectivity index (χ2v) is 15.6. The van der Waals surface area contributed by atoms with Crippen molar-refractivity contribution < 1.29 is 37.8 Å². The molecule has 11 nitrogen and oxygen atoms in total. The number of ether oxygens (including phenoxy) is 3. The van der Waals surface area contributed by atoms with Gasteiger partial charge in [0.05, 0.1) is 23.1 Å². The first-order valence-corrected chi connectivity index (χ1v) is 17.6. The standard InChI is InChI=1S/C38H49FN4O7/c1-36(2,3)50-35(47)41-22-24(32(44)40-38(16-17-38)26-8-10-27(39)11-9-26)20-25(23-41)33(45)43(28-12-13-28)29-14-15-31-30(21-29)42(18-7-19-48-6)34(46)37(4,5)49-31/h8-11,14-15,21,24-25,28H,7,12-13,16-20,22-23H2,1-6H3,(H,40,44)/t24-,25+/m0/s1. The molecule has 0 spiro atoms. The van der Waals surface area contributed by atoms with Crippen molar-refractivity contribution in [3.8, 4) is 5.75 Å². The summed E-state index contributed by atoms with van der Waals surface area (Å²) in [4.78, 5) is 60.5. The molecule has 0 unspecified atom stereocenters. The molecule has 2 aromatic carbocycles. The van der Waals surface area contributed by atoms with Crippen molar-refractivity contribution in [3.05, 3.63) is 53.8 Å². The molecule has 1 saturated heterocycles. The number of carbonyl (C=O) groups excluding carboxylic acids is 4. The minimum absolute atomic E-state index is 0.0449. The van der Waals surface area contributed by atoms with Crippen molar-refractivity contribution >= 4 is 35.2 Å². The van der Waals surface area contributed by atoms with Crippen molar-refractivity contribution in [3.63, 3.8) is 0 Å². The number of rotatable bonds is 10. The van der Waals surface area contributed by atoms with Gasteiger partial charge in [-0.15, -0.1) is 0 Å². The van der Waals surface area contributed by atoms with Gasteiger partial charge in [0.1, 0.15) is 17.2 Å². The van der Waals surface area contributed by atoms with Crippen molar-refractivity contribution in [2.24, 2.45) is 11.8 Å². The van der Waals surface area contributed by atoms with Crippen LogP contribution in [0, 0.1) is 17.7 Å². The summed E-state index contributed by atoms with van der Waals surface area (Å²) in [7, 11) is 1.62. The van der Waals surface area contributed by atoms with E-state index in [9.17, 15) is 23.6 Å². The zero-order valence-electron chi connectivity index (χ0n) is 29.9. The van der Waals surface area contributed by atoms with Crippen molar-refractivity contribution in [1.29, 1.82) is 0 Å². The van der Waals surface area contributed by atoms with Gasteiger partial charge in [0.15, 0.2) is 5.60 Å². The minimum Gasteiger partial charge on any atom is -0.476 e. The first-order valence-electron chi connectivity index (χ1n) is 17.6. The number of nitrogens with one attached hydrogen (secondary N) is 1. The van der Waals surface area contributed by atoms with Crippen LogP contribution in [0.25, 0.3) is 0 Å². The van der Waals surface area contributed by atoms with Crippen LogP contribution >= 0.6 is 0 Å². The first kappa shape index (κ1) is 35.6. The lowest BCUT2D eigenvalue weighted by atomic mass is 9.87. The highest BCUT2D eigenvalue weighted by Gasteiger charge is 2.49.